The molecule has 24 heavy (non-hydrogen) atoms. The maximum atomic E-state index is 12.4. The molecule has 0 unspecified atom stereocenters. The summed E-state index contributed by atoms with van der Waals surface area (Å²) in [5.74, 6) is 2.52. The standard InChI is InChI=1S/C17H28N2O4S/c1-9-10-11-12-19(15(21)23-17(5,6)7)13(24-8)18-14(20)22-16(2,3)4/h1H,10-12H2,2-8H3. The van der Waals surface area contributed by atoms with Crippen molar-refractivity contribution in [1.82, 2.24) is 4.90 Å². The number of hydrogen-bond acceptors (Lipinski definition) is 5. The lowest BCUT2D eigenvalue weighted by Crippen LogP contribution is -2.40. The SMILES string of the molecule is C#CCCCN(C(=O)OC(C)(C)C)C(=NC(=O)OC(C)(C)C)SC. The Morgan fingerprint density at radius 1 is 1.12 bits per heavy atom. The van der Waals surface area contributed by atoms with E-state index in [9.17, 15) is 9.59 Å². The predicted octanol–water partition coefficient (Wildman–Crippen LogP) is 4.29. The van der Waals surface area contributed by atoms with Crippen LogP contribution in [0.3, 0.4) is 0 Å². The molecule has 0 radical (unpaired) electrons. The molecule has 0 aliphatic heterocycles. The van der Waals surface area contributed by atoms with E-state index in [2.05, 4.69) is 10.9 Å². The molecule has 0 saturated heterocycles. The van der Waals surface area contributed by atoms with Gasteiger partial charge in [-0.25, -0.2) is 9.59 Å². The number of carbonyl (C=O) groups excluding carboxylic acids is 2. The van der Waals surface area contributed by atoms with Gasteiger partial charge >= 0.3 is 12.2 Å². The van der Waals surface area contributed by atoms with Crippen LogP contribution in [0.5, 0.6) is 0 Å². The molecule has 136 valence electrons. The largest absolute Gasteiger partial charge is 0.443 e. The van der Waals surface area contributed by atoms with E-state index < -0.39 is 23.4 Å². The number of rotatable bonds is 3. The third kappa shape index (κ3) is 10.2. The summed E-state index contributed by atoms with van der Waals surface area (Å²) in [5, 5.41) is 0.218. The van der Waals surface area contributed by atoms with Crippen molar-refractivity contribution in [3.05, 3.63) is 0 Å². The first-order valence-electron chi connectivity index (χ1n) is 7.69. The second kappa shape index (κ2) is 9.58. The van der Waals surface area contributed by atoms with Gasteiger partial charge in [0.1, 0.15) is 11.2 Å². The highest BCUT2D eigenvalue weighted by atomic mass is 32.2. The Balaban J connectivity index is 5.35. The van der Waals surface area contributed by atoms with E-state index in [1.54, 1.807) is 47.8 Å². The van der Waals surface area contributed by atoms with Gasteiger partial charge in [0.2, 0.25) is 0 Å². The molecular weight excluding hydrogens is 328 g/mol. The molecule has 0 rings (SSSR count). The Morgan fingerprint density at radius 3 is 2.08 bits per heavy atom. The van der Waals surface area contributed by atoms with Crippen LogP contribution in [0.1, 0.15) is 54.4 Å². The second-order valence-corrected chi connectivity index (χ2v) is 7.79. The number of amides is 2. The van der Waals surface area contributed by atoms with Gasteiger partial charge in [-0.2, -0.15) is 4.99 Å². The topological polar surface area (TPSA) is 68.2 Å². The fraction of sp³-hybridized carbons (Fsp3) is 0.706. The van der Waals surface area contributed by atoms with Crippen LogP contribution in [0.25, 0.3) is 0 Å². The molecule has 0 bridgehead atoms. The summed E-state index contributed by atoms with van der Waals surface area (Å²) < 4.78 is 10.6. The average Bonchev–Trinajstić information content (AvgIpc) is 2.37. The minimum absolute atomic E-state index is 0.218. The van der Waals surface area contributed by atoms with Gasteiger partial charge in [0.25, 0.3) is 0 Å². The number of ether oxygens (including phenoxy) is 2. The molecule has 7 heteroatoms. The van der Waals surface area contributed by atoms with Crippen LogP contribution in [0, 0.1) is 12.3 Å². The van der Waals surface area contributed by atoms with E-state index in [0.29, 0.717) is 19.4 Å². The van der Waals surface area contributed by atoms with E-state index in [4.69, 9.17) is 15.9 Å². The molecule has 0 aromatic carbocycles. The molecular formula is C17H28N2O4S. The summed E-state index contributed by atoms with van der Waals surface area (Å²) in [5.41, 5.74) is -1.32. The van der Waals surface area contributed by atoms with Crippen molar-refractivity contribution in [3.8, 4) is 12.3 Å². The summed E-state index contributed by atoms with van der Waals surface area (Å²) in [7, 11) is 0. The summed E-state index contributed by atoms with van der Waals surface area (Å²) >= 11 is 1.17. The minimum Gasteiger partial charge on any atom is -0.443 e. The van der Waals surface area contributed by atoms with Crippen LogP contribution in [0.2, 0.25) is 0 Å². The van der Waals surface area contributed by atoms with Gasteiger partial charge in [-0.15, -0.1) is 12.3 Å². The van der Waals surface area contributed by atoms with Crippen molar-refractivity contribution in [2.45, 2.75) is 65.6 Å². The zero-order valence-corrected chi connectivity index (χ0v) is 16.5. The Hall–Kier alpha value is -1.68. The van der Waals surface area contributed by atoms with Gasteiger partial charge in [0.15, 0.2) is 5.17 Å². The third-order valence-electron chi connectivity index (χ3n) is 2.31. The molecule has 0 fully saturated rings. The minimum atomic E-state index is -0.752. The van der Waals surface area contributed by atoms with Crippen molar-refractivity contribution in [1.29, 1.82) is 0 Å². The summed E-state index contributed by atoms with van der Waals surface area (Å²) in [4.78, 5) is 29.6. The van der Waals surface area contributed by atoms with Crippen molar-refractivity contribution < 1.29 is 19.1 Å². The van der Waals surface area contributed by atoms with Gasteiger partial charge in [0, 0.05) is 13.0 Å². The van der Waals surface area contributed by atoms with Crippen molar-refractivity contribution in [3.63, 3.8) is 0 Å². The zero-order valence-electron chi connectivity index (χ0n) is 15.6. The smallest absolute Gasteiger partial charge is 0.436 e. The number of carbonyl (C=O) groups is 2. The second-order valence-electron chi connectivity index (χ2n) is 7.02. The van der Waals surface area contributed by atoms with E-state index in [0.717, 1.165) is 0 Å². The van der Waals surface area contributed by atoms with Crippen LogP contribution in [0.15, 0.2) is 4.99 Å². The van der Waals surface area contributed by atoms with Gasteiger partial charge in [0.05, 0.1) is 0 Å². The fourth-order valence-electron chi connectivity index (χ4n) is 1.50. The Bertz CT molecular complexity index is 510. The summed E-state index contributed by atoms with van der Waals surface area (Å²) in [6.45, 7) is 10.9. The molecule has 2 amide bonds. The number of nitrogens with zero attached hydrogens (tertiary/aromatic N) is 2. The number of thioether (sulfide) groups is 1. The lowest BCUT2D eigenvalue weighted by atomic mass is 10.2. The molecule has 0 spiro atoms. The molecule has 0 aromatic heterocycles. The number of terminal acetylenes is 1. The van der Waals surface area contributed by atoms with Crippen LogP contribution < -0.4 is 0 Å². The summed E-state index contributed by atoms with van der Waals surface area (Å²) in [6.07, 6.45) is 6.74. The molecule has 0 saturated carbocycles. The molecule has 0 aliphatic rings. The zero-order chi connectivity index (χ0) is 19.0. The lowest BCUT2D eigenvalue weighted by Gasteiger charge is -2.27. The number of hydrogen-bond donors (Lipinski definition) is 0. The van der Waals surface area contributed by atoms with Crippen LogP contribution in [-0.4, -0.2) is 46.3 Å². The number of unbranched alkanes of at least 4 members (excludes halogenated alkanes) is 1. The van der Waals surface area contributed by atoms with E-state index in [-0.39, 0.29) is 5.17 Å². The maximum Gasteiger partial charge on any atom is 0.436 e. The molecule has 6 nitrogen and oxygen atoms in total. The Labute approximate surface area is 149 Å². The highest BCUT2D eigenvalue weighted by Gasteiger charge is 2.26. The normalized spacial score (nSPS) is 12.3. The molecule has 0 atom stereocenters. The van der Waals surface area contributed by atoms with Gasteiger partial charge in [-0.1, -0.05) is 11.8 Å². The molecule has 0 heterocycles. The highest BCUT2D eigenvalue weighted by molar-refractivity contribution is 8.13. The van der Waals surface area contributed by atoms with E-state index in [1.165, 1.54) is 16.7 Å². The van der Waals surface area contributed by atoms with Crippen LogP contribution >= 0.6 is 11.8 Å². The van der Waals surface area contributed by atoms with E-state index >= 15 is 0 Å². The van der Waals surface area contributed by atoms with Crippen LogP contribution in [-0.2, 0) is 9.47 Å². The molecule has 0 N–H and O–H groups in total. The number of amidine groups is 1. The summed E-state index contributed by atoms with van der Waals surface area (Å²) in [6, 6.07) is 0. The van der Waals surface area contributed by atoms with Gasteiger partial charge in [-0.3, -0.25) is 4.90 Å². The van der Waals surface area contributed by atoms with Gasteiger partial charge in [-0.05, 0) is 54.2 Å². The first-order chi connectivity index (χ1) is 10.9. The van der Waals surface area contributed by atoms with Crippen molar-refractivity contribution in [2.24, 2.45) is 4.99 Å². The Morgan fingerprint density at radius 2 is 1.67 bits per heavy atom. The number of aliphatic imine (C=N–C) groups is 1. The first-order valence-corrected chi connectivity index (χ1v) is 8.91. The molecule has 0 aliphatic carbocycles. The quantitative estimate of drug-likeness (QED) is 0.326. The van der Waals surface area contributed by atoms with Gasteiger partial charge < -0.3 is 9.47 Å². The lowest BCUT2D eigenvalue weighted by molar-refractivity contribution is 0.0372. The Kier molecular flexibility index (Phi) is 8.91. The molecule has 0 aromatic rings. The fourth-order valence-corrected chi connectivity index (χ4v) is 2.05. The maximum absolute atomic E-state index is 12.4. The average molecular weight is 356 g/mol. The van der Waals surface area contributed by atoms with Crippen LogP contribution in [0.4, 0.5) is 9.59 Å². The van der Waals surface area contributed by atoms with Crippen molar-refractivity contribution >= 4 is 29.1 Å². The highest BCUT2D eigenvalue weighted by Crippen LogP contribution is 2.16. The first kappa shape index (κ1) is 22.3. The van der Waals surface area contributed by atoms with E-state index in [1.807, 2.05) is 0 Å². The van der Waals surface area contributed by atoms with Crippen molar-refractivity contribution in [2.75, 3.05) is 12.8 Å². The third-order valence-corrected chi connectivity index (χ3v) is 2.99. The monoisotopic (exact) mass is 356 g/mol. The predicted molar refractivity (Wildman–Crippen MR) is 98.2 cm³/mol.